The molecule has 0 unspecified atom stereocenters. The number of anilines is 4. The Morgan fingerprint density at radius 2 is 1.94 bits per heavy atom. The van der Waals surface area contributed by atoms with E-state index in [0.29, 0.717) is 42.1 Å². The van der Waals surface area contributed by atoms with Crippen molar-refractivity contribution in [2.24, 2.45) is 0 Å². The first kappa shape index (κ1) is 18.9. The standard InChI is InChI=1S/C22H21N7O2/c1-15-13-28(14-25-15)20-18(30-2)10-16(11-23-20)26-22-24-12-19-21(27-22)29(8-9-31-19)17-6-4-3-5-7-17/h3-7,10-14H,8-9H2,1-2H3,(H,24,26,27). The average Bonchev–Trinajstić information content (AvgIpc) is 3.25. The van der Waals surface area contributed by atoms with Gasteiger partial charge in [0.15, 0.2) is 23.1 Å². The Kier molecular flexibility index (Phi) is 4.83. The first-order valence-corrected chi connectivity index (χ1v) is 9.86. The highest BCUT2D eigenvalue weighted by atomic mass is 16.5. The number of ether oxygens (including phenoxy) is 2. The fourth-order valence-corrected chi connectivity index (χ4v) is 3.45. The minimum absolute atomic E-state index is 0.445. The van der Waals surface area contributed by atoms with E-state index in [1.165, 1.54) is 0 Å². The summed E-state index contributed by atoms with van der Waals surface area (Å²) in [5.41, 5.74) is 2.67. The van der Waals surface area contributed by atoms with Gasteiger partial charge in [0.25, 0.3) is 0 Å². The maximum atomic E-state index is 5.75. The van der Waals surface area contributed by atoms with E-state index in [1.807, 2.05) is 42.0 Å². The smallest absolute Gasteiger partial charge is 0.229 e. The van der Waals surface area contributed by atoms with Crippen molar-refractivity contribution in [3.05, 3.63) is 67.0 Å². The molecule has 0 aliphatic carbocycles. The summed E-state index contributed by atoms with van der Waals surface area (Å²) >= 11 is 0. The molecule has 0 spiro atoms. The molecule has 1 N–H and O–H groups in total. The average molecular weight is 415 g/mol. The summed E-state index contributed by atoms with van der Waals surface area (Å²) < 4.78 is 13.1. The second kappa shape index (κ2) is 7.94. The SMILES string of the molecule is COc1cc(Nc2ncc3c(n2)N(c2ccccc2)CCO3)cnc1-n1cnc(C)c1. The zero-order chi connectivity index (χ0) is 21.2. The van der Waals surface area contributed by atoms with Crippen LogP contribution in [0.15, 0.2) is 61.3 Å². The topological polar surface area (TPSA) is 90.2 Å². The lowest BCUT2D eigenvalue weighted by atomic mass is 10.2. The van der Waals surface area contributed by atoms with Crippen LogP contribution in [-0.4, -0.2) is 44.8 Å². The number of aryl methyl sites for hydroxylation is 1. The van der Waals surface area contributed by atoms with Crippen LogP contribution in [0.3, 0.4) is 0 Å². The number of para-hydroxylation sites is 1. The van der Waals surface area contributed by atoms with Gasteiger partial charge in [0.05, 0.1) is 37.4 Å². The molecule has 0 atom stereocenters. The van der Waals surface area contributed by atoms with Crippen molar-refractivity contribution in [2.75, 3.05) is 30.5 Å². The molecule has 31 heavy (non-hydrogen) atoms. The molecule has 0 saturated heterocycles. The number of aromatic nitrogens is 5. The number of nitrogens with zero attached hydrogens (tertiary/aromatic N) is 6. The van der Waals surface area contributed by atoms with Crippen LogP contribution in [0.25, 0.3) is 5.82 Å². The van der Waals surface area contributed by atoms with Crippen LogP contribution in [0.1, 0.15) is 5.69 Å². The third-order valence-corrected chi connectivity index (χ3v) is 4.90. The number of methoxy groups -OCH3 is 1. The number of rotatable bonds is 5. The van der Waals surface area contributed by atoms with Crippen LogP contribution in [0.4, 0.5) is 23.1 Å². The molecular weight excluding hydrogens is 394 g/mol. The van der Waals surface area contributed by atoms with Gasteiger partial charge in [0.1, 0.15) is 12.9 Å². The number of fused-ring (bicyclic) bond motifs is 1. The molecule has 156 valence electrons. The highest BCUT2D eigenvalue weighted by Crippen LogP contribution is 2.35. The van der Waals surface area contributed by atoms with Crippen LogP contribution < -0.4 is 19.7 Å². The molecule has 1 aromatic carbocycles. The van der Waals surface area contributed by atoms with E-state index in [9.17, 15) is 0 Å². The quantitative estimate of drug-likeness (QED) is 0.528. The second-order valence-corrected chi connectivity index (χ2v) is 7.01. The lowest BCUT2D eigenvalue weighted by molar-refractivity contribution is 0.310. The van der Waals surface area contributed by atoms with Gasteiger partial charge in [0.2, 0.25) is 5.95 Å². The van der Waals surface area contributed by atoms with Crippen LogP contribution in [0, 0.1) is 6.92 Å². The first-order chi connectivity index (χ1) is 15.2. The molecule has 0 fully saturated rings. The Hall–Kier alpha value is -4.14. The number of nitrogens with one attached hydrogen (secondary N) is 1. The van der Waals surface area contributed by atoms with Crippen LogP contribution in [0.2, 0.25) is 0 Å². The maximum Gasteiger partial charge on any atom is 0.229 e. The molecule has 4 aromatic rings. The zero-order valence-electron chi connectivity index (χ0n) is 17.2. The normalized spacial score (nSPS) is 12.8. The molecule has 1 aliphatic rings. The summed E-state index contributed by atoms with van der Waals surface area (Å²) in [5.74, 6) is 3.08. The number of imidazole rings is 1. The Balaban J connectivity index is 1.44. The molecule has 9 nitrogen and oxygen atoms in total. The van der Waals surface area contributed by atoms with Crippen LogP contribution >= 0.6 is 0 Å². The van der Waals surface area contributed by atoms with E-state index in [2.05, 4.69) is 37.3 Å². The predicted molar refractivity (Wildman–Crippen MR) is 117 cm³/mol. The molecule has 0 bridgehead atoms. The van der Waals surface area contributed by atoms with Gasteiger partial charge in [0, 0.05) is 18.0 Å². The summed E-state index contributed by atoms with van der Waals surface area (Å²) in [6, 6.07) is 12.0. The van der Waals surface area contributed by atoms with E-state index in [0.717, 1.165) is 17.2 Å². The van der Waals surface area contributed by atoms with Gasteiger partial charge in [-0.25, -0.2) is 15.0 Å². The Bertz CT molecular complexity index is 1210. The van der Waals surface area contributed by atoms with E-state index in [1.54, 1.807) is 25.8 Å². The van der Waals surface area contributed by atoms with Gasteiger partial charge in [-0.3, -0.25) is 4.57 Å². The van der Waals surface area contributed by atoms with E-state index in [-0.39, 0.29) is 0 Å². The summed E-state index contributed by atoms with van der Waals surface area (Å²) in [6.45, 7) is 3.21. The molecule has 3 aromatic heterocycles. The van der Waals surface area contributed by atoms with Crippen LogP contribution in [-0.2, 0) is 0 Å². The van der Waals surface area contributed by atoms with Gasteiger partial charge in [-0.1, -0.05) is 18.2 Å². The van der Waals surface area contributed by atoms with Crippen molar-refractivity contribution < 1.29 is 9.47 Å². The zero-order valence-corrected chi connectivity index (χ0v) is 17.2. The molecule has 0 radical (unpaired) electrons. The van der Waals surface area contributed by atoms with Crippen molar-refractivity contribution in [2.45, 2.75) is 6.92 Å². The largest absolute Gasteiger partial charge is 0.493 e. The van der Waals surface area contributed by atoms with Crippen molar-refractivity contribution in [1.29, 1.82) is 0 Å². The highest BCUT2D eigenvalue weighted by molar-refractivity contribution is 5.68. The fourth-order valence-electron chi connectivity index (χ4n) is 3.45. The molecule has 5 rings (SSSR count). The molecule has 9 heteroatoms. The predicted octanol–water partition coefficient (Wildman–Crippen LogP) is 3.65. The van der Waals surface area contributed by atoms with Gasteiger partial charge in [-0.15, -0.1) is 0 Å². The van der Waals surface area contributed by atoms with E-state index >= 15 is 0 Å². The number of hydrogen-bond acceptors (Lipinski definition) is 8. The molecule has 4 heterocycles. The van der Waals surface area contributed by atoms with Crippen molar-refractivity contribution in [3.63, 3.8) is 0 Å². The van der Waals surface area contributed by atoms with Gasteiger partial charge in [-0.2, -0.15) is 4.98 Å². The monoisotopic (exact) mass is 415 g/mol. The first-order valence-electron chi connectivity index (χ1n) is 9.86. The third-order valence-electron chi connectivity index (χ3n) is 4.90. The lowest BCUT2D eigenvalue weighted by Crippen LogP contribution is -2.29. The summed E-state index contributed by atoms with van der Waals surface area (Å²) in [6.07, 6.45) is 7.00. The highest BCUT2D eigenvalue weighted by Gasteiger charge is 2.22. The third kappa shape index (κ3) is 3.73. The fraction of sp³-hybridized carbons (Fsp3) is 0.182. The van der Waals surface area contributed by atoms with Gasteiger partial charge in [-0.05, 0) is 19.1 Å². The van der Waals surface area contributed by atoms with Crippen molar-refractivity contribution in [1.82, 2.24) is 24.5 Å². The Morgan fingerprint density at radius 1 is 1.06 bits per heavy atom. The van der Waals surface area contributed by atoms with Crippen molar-refractivity contribution >= 4 is 23.1 Å². The minimum atomic E-state index is 0.445. The second-order valence-electron chi connectivity index (χ2n) is 7.01. The molecule has 0 amide bonds. The number of benzene rings is 1. The molecule has 0 saturated carbocycles. The van der Waals surface area contributed by atoms with E-state index in [4.69, 9.17) is 14.5 Å². The Labute approximate surface area is 179 Å². The molecular formula is C22H21N7O2. The minimum Gasteiger partial charge on any atom is -0.493 e. The van der Waals surface area contributed by atoms with Crippen molar-refractivity contribution in [3.8, 4) is 17.3 Å². The molecule has 1 aliphatic heterocycles. The number of pyridine rings is 1. The van der Waals surface area contributed by atoms with Gasteiger partial charge < -0.3 is 19.7 Å². The van der Waals surface area contributed by atoms with Crippen LogP contribution in [0.5, 0.6) is 11.5 Å². The Morgan fingerprint density at radius 3 is 2.71 bits per heavy atom. The summed E-state index contributed by atoms with van der Waals surface area (Å²) in [4.78, 5) is 20.0. The lowest BCUT2D eigenvalue weighted by Gasteiger charge is -2.30. The summed E-state index contributed by atoms with van der Waals surface area (Å²) in [7, 11) is 1.61. The van der Waals surface area contributed by atoms with Gasteiger partial charge >= 0.3 is 0 Å². The summed E-state index contributed by atoms with van der Waals surface area (Å²) in [5, 5.41) is 3.21. The maximum absolute atomic E-state index is 5.75. The van der Waals surface area contributed by atoms with E-state index < -0.39 is 0 Å². The number of hydrogen-bond donors (Lipinski definition) is 1.